The minimum absolute atomic E-state index is 0.0571. The predicted molar refractivity (Wildman–Crippen MR) is 121 cm³/mol. The van der Waals surface area contributed by atoms with Gasteiger partial charge < -0.3 is 15.0 Å². The van der Waals surface area contributed by atoms with Crippen molar-refractivity contribution in [2.75, 3.05) is 0 Å². The Hall–Kier alpha value is -2.54. The van der Waals surface area contributed by atoms with Crippen LogP contribution in [0.1, 0.15) is 58.2 Å². The van der Waals surface area contributed by atoms with Gasteiger partial charge >= 0.3 is 5.97 Å². The summed E-state index contributed by atoms with van der Waals surface area (Å²) < 4.78 is 5.55. The summed E-state index contributed by atoms with van der Waals surface area (Å²) in [4.78, 5) is 32.2. The number of hydrogen-bond donors (Lipinski definition) is 1. The van der Waals surface area contributed by atoms with E-state index in [1.54, 1.807) is 0 Å². The van der Waals surface area contributed by atoms with Crippen LogP contribution >= 0.6 is 11.8 Å². The summed E-state index contributed by atoms with van der Waals surface area (Å²) in [5.41, 5.74) is 4.07. The Bertz CT molecular complexity index is 930. The average molecular weight is 428 g/mol. The molecule has 0 aromatic heterocycles. The van der Waals surface area contributed by atoms with Crippen LogP contribution in [0, 0.1) is 6.92 Å². The highest BCUT2D eigenvalue weighted by Gasteiger charge is 2.41. The molecule has 30 heavy (non-hydrogen) atoms. The number of aliphatic imine (C=N–C) groups is 1. The molecule has 1 unspecified atom stereocenters. The number of hydrogen-bond acceptors (Lipinski definition) is 6. The topological polar surface area (TPSA) is 71.0 Å². The fraction of sp³-hybridized carbons (Fsp3) is 0.435. The molecule has 6 nitrogen and oxygen atoms in total. The lowest BCUT2D eigenvalue weighted by Crippen LogP contribution is -2.39. The summed E-state index contributed by atoms with van der Waals surface area (Å²) in [6.45, 7) is 11.4. The number of amides is 1. The van der Waals surface area contributed by atoms with Gasteiger partial charge in [-0.3, -0.25) is 4.79 Å². The summed E-state index contributed by atoms with van der Waals surface area (Å²) in [6, 6.07) is 7.77. The molecular weight excluding hydrogens is 398 g/mol. The first-order valence-electron chi connectivity index (χ1n) is 10.2. The number of amidine groups is 1. The number of carbonyl (C=O) groups excluding carboxylic acids is 2. The van der Waals surface area contributed by atoms with E-state index in [9.17, 15) is 9.59 Å². The quantitative estimate of drug-likeness (QED) is 0.680. The van der Waals surface area contributed by atoms with Gasteiger partial charge in [-0.05, 0) is 52.5 Å². The monoisotopic (exact) mass is 427 g/mol. The Morgan fingerprint density at radius 2 is 1.83 bits per heavy atom. The Morgan fingerprint density at radius 3 is 2.43 bits per heavy atom. The number of allylic oxidation sites excluding steroid dienone is 1. The van der Waals surface area contributed by atoms with Crippen molar-refractivity contribution < 1.29 is 14.3 Å². The number of rotatable bonds is 6. The average Bonchev–Trinajstić information content (AvgIpc) is 3.02. The Morgan fingerprint density at radius 1 is 1.17 bits per heavy atom. The minimum Gasteiger partial charge on any atom is -0.459 e. The molecule has 0 fully saturated rings. The lowest BCUT2D eigenvalue weighted by atomic mass is 9.93. The smallest absolute Gasteiger partial charge is 0.338 e. The first kappa shape index (κ1) is 22.2. The van der Waals surface area contributed by atoms with Crippen LogP contribution in [0.3, 0.4) is 0 Å². The van der Waals surface area contributed by atoms with Crippen LogP contribution in [0.25, 0.3) is 0 Å². The van der Waals surface area contributed by atoms with E-state index in [0.29, 0.717) is 11.3 Å². The number of nitrogens with zero attached hydrogens (tertiary/aromatic N) is 2. The molecule has 3 rings (SSSR count). The number of nitrogens with one attached hydrogen (secondary N) is 1. The van der Waals surface area contributed by atoms with Gasteiger partial charge in [0.05, 0.1) is 29.8 Å². The van der Waals surface area contributed by atoms with Crippen LogP contribution in [0.5, 0.6) is 0 Å². The van der Waals surface area contributed by atoms with Gasteiger partial charge in [-0.15, -0.1) is 0 Å². The van der Waals surface area contributed by atoms with Crippen LogP contribution in [-0.2, 0) is 14.3 Å². The van der Waals surface area contributed by atoms with E-state index in [-0.39, 0.29) is 30.4 Å². The van der Waals surface area contributed by atoms with Crippen LogP contribution in [-0.4, -0.2) is 34.1 Å². The molecule has 2 aliphatic rings. The normalized spacial score (nSPS) is 18.4. The van der Waals surface area contributed by atoms with E-state index in [2.05, 4.69) is 10.3 Å². The number of fused-ring (bicyclic) bond motifs is 1. The van der Waals surface area contributed by atoms with Gasteiger partial charge in [0.1, 0.15) is 0 Å². The maximum absolute atomic E-state index is 13.1. The second kappa shape index (κ2) is 9.08. The largest absolute Gasteiger partial charge is 0.459 e. The summed E-state index contributed by atoms with van der Waals surface area (Å²) in [7, 11) is 0. The van der Waals surface area contributed by atoms with Gasteiger partial charge in [0.25, 0.3) is 0 Å². The molecule has 0 saturated heterocycles. The Kier molecular flexibility index (Phi) is 6.71. The van der Waals surface area contributed by atoms with Crippen molar-refractivity contribution in [3.05, 3.63) is 57.8 Å². The Labute approximate surface area is 182 Å². The predicted octanol–water partition coefficient (Wildman–Crippen LogP) is 4.44. The Balaban J connectivity index is 2.03. The fourth-order valence-corrected chi connectivity index (χ4v) is 4.47. The van der Waals surface area contributed by atoms with Crippen molar-refractivity contribution in [1.29, 1.82) is 0 Å². The van der Waals surface area contributed by atoms with Crippen molar-refractivity contribution in [1.82, 2.24) is 10.2 Å². The molecule has 0 spiro atoms. The van der Waals surface area contributed by atoms with Crippen molar-refractivity contribution in [3.63, 3.8) is 0 Å². The molecule has 0 bridgehead atoms. The van der Waals surface area contributed by atoms with Crippen molar-refractivity contribution in [2.45, 2.75) is 66.2 Å². The molecule has 2 heterocycles. The van der Waals surface area contributed by atoms with Crippen LogP contribution in [0.4, 0.5) is 0 Å². The molecule has 2 aliphatic heterocycles. The highest BCUT2D eigenvalue weighted by atomic mass is 32.2. The molecule has 160 valence electrons. The molecular formula is C23H29N3O3S. The molecule has 1 atom stereocenters. The number of benzene rings is 1. The standard InChI is InChI=1S/C23H29N3O3S/c1-13(2)24-19(27)11-18-12-30-23-25-16(6)20(22(28)29-14(3)4)21(26(18)23)17-9-7-15(5)8-10-17/h7-10,12-14,21H,11H2,1-6H3,(H,24,27). The van der Waals surface area contributed by atoms with Gasteiger partial charge in [0.15, 0.2) is 5.17 Å². The summed E-state index contributed by atoms with van der Waals surface area (Å²) in [5.74, 6) is -0.433. The zero-order valence-corrected chi connectivity index (χ0v) is 19.2. The first-order valence-corrected chi connectivity index (χ1v) is 11.1. The van der Waals surface area contributed by atoms with Crippen LogP contribution in [0.2, 0.25) is 0 Å². The molecule has 1 amide bonds. The third-order valence-electron chi connectivity index (χ3n) is 4.75. The van der Waals surface area contributed by atoms with Crippen LogP contribution in [0.15, 0.2) is 51.6 Å². The second-order valence-corrected chi connectivity index (χ2v) is 8.99. The molecule has 0 saturated carbocycles. The highest BCUT2D eigenvalue weighted by Crippen LogP contribution is 2.44. The number of aryl methyl sites for hydroxylation is 1. The van der Waals surface area contributed by atoms with Gasteiger partial charge in [-0.2, -0.15) is 0 Å². The second-order valence-electron chi connectivity index (χ2n) is 8.16. The van der Waals surface area contributed by atoms with E-state index >= 15 is 0 Å². The molecule has 0 radical (unpaired) electrons. The van der Waals surface area contributed by atoms with Gasteiger partial charge in [-0.25, -0.2) is 9.79 Å². The van der Waals surface area contributed by atoms with E-state index in [1.165, 1.54) is 11.8 Å². The SMILES string of the molecule is CC1=C(C(=O)OC(C)C)C(c2ccc(C)cc2)N2C(CC(=O)NC(C)C)=CSC2=N1. The zero-order chi connectivity index (χ0) is 22.0. The molecule has 1 aromatic rings. The number of thioether (sulfide) groups is 1. The fourth-order valence-electron chi connectivity index (χ4n) is 3.51. The van der Waals surface area contributed by atoms with Gasteiger partial charge in [0, 0.05) is 11.7 Å². The van der Waals surface area contributed by atoms with Crippen LogP contribution < -0.4 is 5.32 Å². The molecule has 1 aromatic carbocycles. The maximum atomic E-state index is 13.1. The minimum atomic E-state index is -0.391. The summed E-state index contributed by atoms with van der Waals surface area (Å²) in [5, 5.41) is 5.66. The van der Waals surface area contributed by atoms with E-state index in [4.69, 9.17) is 4.74 Å². The lowest BCUT2D eigenvalue weighted by molar-refractivity contribution is -0.143. The summed E-state index contributed by atoms with van der Waals surface area (Å²) in [6.07, 6.45) is -0.0142. The first-order chi connectivity index (χ1) is 14.2. The highest BCUT2D eigenvalue weighted by molar-refractivity contribution is 8.16. The van der Waals surface area contributed by atoms with E-state index < -0.39 is 6.04 Å². The third kappa shape index (κ3) is 4.78. The van der Waals surface area contributed by atoms with E-state index in [1.807, 2.05) is 76.1 Å². The molecule has 7 heteroatoms. The number of carbonyl (C=O) groups is 2. The third-order valence-corrected chi connectivity index (χ3v) is 5.64. The molecule has 1 N–H and O–H groups in total. The van der Waals surface area contributed by atoms with E-state index in [0.717, 1.165) is 22.0 Å². The maximum Gasteiger partial charge on any atom is 0.338 e. The van der Waals surface area contributed by atoms with Gasteiger partial charge in [0.2, 0.25) is 5.91 Å². The zero-order valence-electron chi connectivity index (χ0n) is 18.4. The lowest BCUT2D eigenvalue weighted by Gasteiger charge is -2.36. The summed E-state index contributed by atoms with van der Waals surface area (Å²) >= 11 is 1.48. The number of ether oxygens (including phenoxy) is 1. The van der Waals surface area contributed by atoms with Crippen molar-refractivity contribution in [2.24, 2.45) is 4.99 Å². The molecule has 0 aliphatic carbocycles. The van der Waals surface area contributed by atoms with Crippen molar-refractivity contribution in [3.8, 4) is 0 Å². The van der Waals surface area contributed by atoms with Gasteiger partial charge in [-0.1, -0.05) is 41.6 Å². The van der Waals surface area contributed by atoms with Crippen molar-refractivity contribution >= 4 is 28.8 Å². The number of esters is 1.